The predicted octanol–water partition coefficient (Wildman–Crippen LogP) is 16.8. The maximum atomic E-state index is 2.39. The van der Waals surface area contributed by atoms with Crippen LogP contribution in [0.3, 0.4) is 0 Å². The van der Waals surface area contributed by atoms with E-state index in [2.05, 4.69) is 239 Å². The zero-order chi connectivity index (χ0) is 39.1. The van der Waals surface area contributed by atoms with Gasteiger partial charge in [-0.05, 0) is 109 Å². The van der Waals surface area contributed by atoms with Crippen molar-refractivity contribution in [2.24, 2.45) is 0 Å². The summed E-state index contributed by atoms with van der Waals surface area (Å²) in [4.78, 5) is 7.06. The molecule has 0 radical (unpaired) electrons. The zero-order valence-corrected chi connectivity index (χ0v) is 33.7. The zero-order valence-electron chi connectivity index (χ0n) is 32.0. The summed E-state index contributed by atoms with van der Waals surface area (Å²) in [7, 11) is 0. The summed E-state index contributed by atoms with van der Waals surface area (Å²) in [5.74, 6) is 0. The molecule has 0 unspecified atom stereocenters. The number of nitrogens with zero attached hydrogens (tertiary/aromatic N) is 3. The van der Waals surface area contributed by atoms with E-state index in [-0.39, 0.29) is 0 Å². The molecule has 3 nitrogen and oxygen atoms in total. The fourth-order valence-corrected chi connectivity index (χ4v) is 10.6. The topological polar surface area (TPSA) is 9.72 Å². The molecule has 11 rings (SSSR count). The number of para-hydroxylation sites is 5. The molecule has 0 aliphatic heterocycles. The molecule has 0 fully saturated rings. The maximum Gasteiger partial charge on any atom is 0.0476 e. The lowest BCUT2D eigenvalue weighted by Crippen LogP contribution is -2.09. The van der Waals surface area contributed by atoms with E-state index in [9.17, 15) is 0 Å². The molecule has 0 aliphatic rings. The van der Waals surface area contributed by atoms with E-state index in [1.54, 1.807) is 0 Å². The van der Waals surface area contributed by atoms with Crippen LogP contribution in [0.4, 0.5) is 51.2 Å². The fraction of sp³-hybridized carbons (Fsp3) is 0. The SMILES string of the molecule is c1ccc(N(c2ccccc2)c2ccc3c(c2)sc2cc(N(c4ccccc4)c4ccc5c(c4)sc4cc(N(c6ccccc6)c6ccccc6)ccc45)ccc23)cc1. The number of anilines is 9. The fourth-order valence-electron chi connectivity index (χ4n) is 8.29. The summed E-state index contributed by atoms with van der Waals surface area (Å²) >= 11 is 3.71. The van der Waals surface area contributed by atoms with E-state index in [1.807, 2.05) is 22.7 Å². The quantitative estimate of drug-likeness (QED) is 0.144. The summed E-state index contributed by atoms with van der Waals surface area (Å²) in [6.07, 6.45) is 0. The van der Waals surface area contributed by atoms with Gasteiger partial charge in [-0.1, -0.05) is 115 Å². The molecule has 0 saturated carbocycles. The van der Waals surface area contributed by atoms with Crippen LogP contribution in [0.5, 0.6) is 0 Å². The highest BCUT2D eigenvalue weighted by atomic mass is 32.1. The van der Waals surface area contributed by atoms with Gasteiger partial charge in [0.2, 0.25) is 0 Å². The van der Waals surface area contributed by atoms with Gasteiger partial charge in [-0.25, -0.2) is 0 Å². The Morgan fingerprint density at radius 3 is 0.627 bits per heavy atom. The van der Waals surface area contributed by atoms with Crippen LogP contribution in [-0.4, -0.2) is 0 Å². The maximum absolute atomic E-state index is 2.39. The van der Waals surface area contributed by atoms with Gasteiger partial charge in [0.15, 0.2) is 0 Å². The Balaban J connectivity index is 0.993. The minimum atomic E-state index is 1.13. The molecule has 5 heteroatoms. The first-order valence-corrected chi connectivity index (χ1v) is 21.5. The molecule has 2 heterocycles. The van der Waals surface area contributed by atoms with Gasteiger partial charge >= 0.3 is 0 Å². The number of hydrogen-bond acceptors (Lipinski definition) is 5. The highest BCUT2D eigenvalue weighted by Gasteiger charge is 2.19. The van der Waals surface area contributed by atoms with Crippen LogP contribution < -0.4 is 14.7 Å². The summed E-state index contributed by atoms with van der Waals surface area (Å²) < 4.78 is 5.06. The van der Waals surface area contributed by atoms with Crippen LogP contribution in [0.2, 0.25) is 0 Å². The lowest BCUT2D eigenvalue weighted by Gasteiger charge is -2.25. The third kappa shape index (κ3) is 6.47. The van der Waals surface area contributed by atoms with Crippen LogP contribution in [0, 0.1) is 0 Å². The number of benzene rings is 9. The van der Waals surface area contributed by atoms with Gasteiger partial charge < -0.3 is 14.7 Å². The summed E-state index contributed by atoms with van der Waals surface area (Å²) in [6, 6.07) is 80.9. The molecule has 59 heavy (non-hydrogen) atoms. The van der Waals surface area contributed by atoms with Crippen LogP contribution >= 0.6 is 22.7 Å². The van der Waals surface area contributed by atoms with Crippen LogP contribution in [-0.2, 0) is 0 Å². The second kappa shape index (κ2) is 15.0. The van der Waals surface area contributed by atoms with E-state index < -0.39 is 0 Å². The molecule has 0 spiro atoms. The molecule has 2 aromatic heterocycles. The summed E-state index contributed by atoms with van der Waals surface area (Å²) in [5, 5.41) is 5.10. The standard InChI is InChI=1S/C54H37N3S2/c1-6-16-38(17-7-1)55(39-18-8-2-9-19-39)43-26-30-47-49-32-28-45(36-53(49)58-51(47)34-43)57(42-24-14-5-15-25-42)46-29-33-50-48-31-27-44(35-52(48)59-54(50)37-46)56(40-20-10-3-11-21-40)41-22-12-4-13-23-41/h1-37H. The molecule has 0 N–H and O–H groups in total. The average Bonchev–Trinajstić information content (AvgIpc) is 3.85. The molecule has 11 aromatic rings. The molecule has 9 aromatic carbocycles. The van der Waals surface area contributed by atoms with Gasteiger partial charge in [0, 0.05) is 91.5 Å². The van der Waals surface area contributed by atoms with Crippen molar-refractivity contribution in [3.8, 4) is 0 Å². The number of fused-ring (bicyclic) bond motifs is 6. The third-order valence-electron chi connectivity index (χ3n) is 11.0. The van der Waals surface area contributed by atoms with Crippen molar-refractivity contribution >= 4 is 114 Å². The van der Waals surface area contributed by atoms with Gasteiger partial charge in [-0.15, -0.1) is 22.7 Å². The molecule has 0 saturated heterocycles. The van der Waals surface area contributed by atoms with Gasteiger partial charge in [-0.2, -0.15) is 0 Å². The van der Waals surface area contributed by atoms with Crippen molar-refractivity contribution in [1.82, 2.24) is 0 Å². The van der Waals surface area contributed by atoms with Crippen LogP contribution in [0.25, 0.3) is 40.3 Å². The van der Waals surface area contributed by atoms with E-state index in [0.717, 1.165) is 51.2 Å². The van der Waals surface area contributed by atoms with Crippen molar-refractivity contribution in [1.29, 1.82) is 0 Å². The Hall–Kier alpha value is -7.18. The van der Waals surface area contributed by atoms with Gasteiger partial charge in [0.25, 0.3) is 0 Å². The molecule has 0 atom stereocenters. The molecule has 0 bridgehead atoms. The van der Waals surface area contributed by atoms with Gasteiger partial charge in [0.1, 0.15) is 0 Å². The summed E-state index contributed by atoms with van der Waals surface area (Å²) in [6.45, 7) is 0. The molecule has 280 valence electrons. The normalized spacial score (nSPS) is 11.4. The molecular formula is C54H37N3S2. The first-order chi connectivity index (χ1) is 29.2. The average molecular weight is 792 g/mol. The number of rotatable bonds is 9. The van der Waals surface area contributed by atoms with E-state index in [1.165, 1.54) is 40.3 Å². The second-order valence-electron chi connectivity index (χ2n) is 14.6. The highest BCUT2D eigenvalue weighted by molar-refractivity contribution is 7.26. The lowest BCUT2D eigenvalue weighted by atomic mass is 10.1. The number of hydrogen-bond donors (Lipinski definition) is 0. The van der Waals surface area contributed by atoms with Gasteiger partial charge in [0.05, 0.1) is 0 Å². The van der Waals surface area contributed by atoms with E-state index >= 15 is 0 Å². The highest BCUT2D eigenvalue weighted by Crippen LogP contribution is 2.46. The smallest absolute Gasteiger partial charge is 0.0476 e. The van der Waals surface area contributed by atoms with Crippen molar-refractivity contribution < 1.29 is 0 Å². The van der Waals surface area contributed by atoms with Crippen molar-refractivity contribution in [2.75, 3.05) is 14.7 Å². The Bertz CT molecular complexity index is 2940. The molecular weight excluding hydrogens is 755 g/mol. The molecule has 0 amide bonds. The van der Waals surface area contributed by atoms with Gasteiger partial charge in [-0.3, -0.25) is 0 Å². The monoisotopic (exact) mass is 791 g/mol. The Morgan fingerprint density at radius 1 is 0.203 bits per heavy atom. The minimum Gasteiger partial charge on any atom is -0.310 e. The third-order valence-corrected chi connectivity index (χ3v) is 13.2. The second-order valence-corrected chi connectivity index (χ2v) is 16.8. The Morgan fingerprint density at radius 2 is 0.407 bits per heavy atom. The van der Waals surface area contributed by atoms with Crippen molar-refractivity contribution in [3.63, 3.8) is 0 Å². The number of thiophene rings is 2. The molecule has 0 aliphatic carbocycles. The Kier molecular flexibility index (Phi) is 8.88. The van der Waals surface area contributed by atoms with E-state index in [4.69, 9.17) is 0 Å². The lowest BCUT2D eigenvalue weighted by molar-refractivity contribution is 1.29. The van der Waals surface area contributed by atoms with Crippen LogP contribution in [0.15, 0.2) is 224 Å². The van der Waals surface area contributed by atoms with Crippen molar-refractivity contribution in [3.05, 3.63) is 224 Å². The van der Waals surface area contributed by atoms with Crippen LogP contribution in [0.1, 0.15) is 0 Å². The van der Waals surface area contributed by atoms with Crippen molar-refractivity contribution in [2.45, 2.75) is 0 Å². The Labute approximate surface area is 351 Å². The largest absolute Gasteiger partial charge is 0.310 e. The first-order valence-electron chi connectivity index (χ1n) is 19.8. The minimum absolute atomic E-state index is 1.13. The predicted molar refractivity (Wildman–Crippen MR) is 256 cm³/mol. The van der Waals surface area contributed by atoms with E-state index in [0.29, 0.717) is 0 Å². The first kappa shape index (κ1) is 35.0. The summed E-state index contributed by atoms with van der Waals surface area (Å²) in [5.41, 5.74) is 10.2.